The number of carbonyl (C=O) groups excluding carboxylic acids is 1. The van der Waals surface area contributed by atoms with Crippen molar-refractivity contribution < 1.29 is 9.53 Å². The summed E-state index contributed by atoms with van der Waals surface area (Å²) in [5, 5.41) is 0. The number of nitrogens with two attached hydrogens (primary N) is 1. The number of nitrogens with zero attached hydrogens (tertiary/aromatic N) is 1. The van der Waals surface area contributed by atoms with Crippen LogP contribution in [0.3, 0.4) is 0 Å². The van der Waals surface area contributed by atoms with E-state index in [2.05, 4.69) is 0 Å². The van der Waals surface area contributed by atoms with Gasteiger partial charge in [-0.2, -0.15) is 0 Å². The Labute approximate surface area is 96.0 Å². The summed E-state index contributed by atoms with van der Waals surface area (Å²) >= 11 is 0. The summed E-state index contributed by atoms with van der Waals surface area (Å²) in [6.07, 6.45) is 0. The SMILES string of the molecule is COCC(C)N(C)C(=O)c1ccc(N)cc1. The Balaban J connectivity index is 2.73. The number of carbonyl (C=O) groups is 1. The van der Waals surface area contributed by atoms with Crippen molar-refractivity contribution in [3.05, 3.63) is 29.8 Å². The van der Waals surface area contributed by atoms with Crippen LogP contribution >= 0.6 is 0 Å². The lowest BCUT2D eigenvalue weighted by molar-refractivity contribution is 0.0633. The Morgan fingerprint density at radius 2 is 2.00 bits per heavy atom. The summed E-state index contributed by atoms with van der Waals surface area (Å²) in [5.41, 5.74) is 6.86. The van der Waals surface area contributed by atoms with Crippen molar-refractivity contribution >= 4 is 11.6 Å². The minimum atomic E-state index is -0.0236. The number of ether oxygens (including phenoxy) is 1. The molecule has 4 nitrogen and oxygen atoms in total. The standard InChI is InChI=1S/C12H18N2O2/c1-9(8-16-3)14(2)12(15)10-4-6-11(13)7-5-10/h4-7,9H,8,13H2,1-3H3. The van der Waals surface area contributed by atoms with E-state index in [1.54, 1.807) is 43.3 Å². The van der Waals surface area contributed by atoms with Crippen LogP contribution in [0, 0.1) is 0 Å². The van der Waals surface area contributed by atoms with Crippen molar-refractivity contribution in [3.8, 4) is 0 Å². The number of rotatable bonds is 4. The number of methoxy groups -OCH3 is 1. The molecule has 0 fully saturated rings. The molecule has 0 saturated heterocycles. The van der Waals surface area contributed by atoms with Gasteiger partial charge >= 0.3 is 0 Å². The van der Waals surface area contributed by atoms with Crippen molar-refractivity contribution in [2.45, 2.75) is 13.0 Å². The number of hydrogen-bond donors (Lipinski definition) is 1. The largest absolute Gasteiger partial charge is 0.399 e. The maximum absolute atomic E-state index is 12.0. The van der Waals surface area contributed by atoms with Crippen molar-refractivity contribution in [2.75, 3.05) is 26.5 Å². The zero-order valence-electron chi connectivity index (χ0n) is 9.93. The molecule has 0 heterocycles. The van der Waals surface area contributed by atoms with E-state index in [1.807, 2.05) is 6.92 Å². The molecule has 1 amide bonds. The molecule has 1 rings (SSSR count). The van der Waals surface area contributed by atoms with E-state index in [-0.39, 0.29) is 11.9 Å². The first kappa shape index (κ1) is 12.5. The minimum Gasteiger partial charge on any atom is -0.399 e. The topological polar surface area (TPSA) is 55.6 Å². The van der Waals surface area contributed by atoms with E-state index in [1.165, 1.54) is 0 Å². The van der Waals surface area contributed by atoms with Gasteiger partial charge in [-0.1, -0.05) is 0 Å². The van der Waals surface area contributed by atoms with Gasteiger partial charge in [-0.05, 0) is 31.2 Å². The third kappa shape index (κ3) is 2.97. The molecular weight excluding hydrogens is 204 g/mol. The van der Waals surface area contributed by atoms with Gasteiger partial charge < -0.3 is 15.4 Å². The van der Waals surface area contributed by atoms with Crippen LogP contribution in [0.15, 0.2) is 24.3 Å². The molecule has 0 aliphatic heterocycles. The second-order valence-electron chi connectivity index (χ2n) is 3.84. The highest BCUT2D eigenvalue weighted by Gasteiger charge is 2.16. The van der Waals surface area contributed by atoms with E-state index in [0.29, 0.717) is 17.9 Å². The predicted octanol–water partition coefficient (Wildman–Crippen LogP) is 1.38. The molecule has 0 aliphatic rings. The van der Waals surface area contributed by atoms with Gasteiger partial charge in [-0.15, -0.1) is 0 Å². The molecular formula is C12H18N2O2. The highest BCUT2D eigenvalue weighted by Crippen LogP contribution is 2.09. The van der Waals surface area contributed by atoms with E-state index < -0.39 is 0 Å². The Hall–Kier alpha value is -1.55. The second kappa shape index (κ2) is 5.51. The number of benzene rings is 1. The number of hydrogen-bond acceptors (Lipinski definition) is 3. The monoisotopic (exact) mass is 222 g/mol. The van der Waals surface area contributed by atoms with Crippen LogP contribution in [0.5, 0.6) is 0 Å². The number of nitrogen functional groups attached to an aromatic ring is 1. The van der Waals surface area contributed by atoms with Crippen molar-refractivity contribution in [3.63, 3.8) is 0 Å². The van der Waals surface area contributed by atoms with Crippen LogP contribution in [0.4, 0.5) is 5.69 Å². The molecule has 16 heavy (non-hydrogen) atoms. The summed E-state index contributed by atoms with van der Waals surface area (Å²) in [5.74, 6) is -0.0236. The van der Waals surface area contributed by atoms with Crippen LogP contribution in [-0.4, -0.2) is 37.6 Å². The fourth-order valence-electron chi connectivity index (χ4n) is 1.38. The van der Waals surface area contributed by atoms with E-state index in [0.717, 1.165) is 0 Å². The fourth-order valence-corrected chi connectivity index (χ4v) is 1.38. The lowest BCUT2D eigenvalue weighted by Crippen LogP contribution is -2.37. The number of likely N-dealkylation sites (N-methyl/N-ethyl adjacent to an activating group) is 1. The molecule has 1 aromatic rings. The Bertz CT molecular complexity index is 349. The minimum absolute atomic E-state index is 0.0236. The van der Waals surface area contributed by atoms with Gasteiger partial charge in [0.15, 0.2) is 0 Å². The van der Waals surface area contributed by atoms with Gasteiger partial charge in [0.2, 0.25) is 0 Å². The van der Waals surface area contributed by atoms with Gasteiger partial charge in [0.25, 0.3) is 5.91 Å². The molecule has 0 aliphatic carbocycles. The van der Waals surface area contributed by atoms with Crippen molar-refractivity contribution in [2.24, 2.45) is 0 Å². The summed E-state index contributed by atoms with van der Waals surface area (Å²) in [4.78, 5) is 13.7. The molecule has 0 spiro atoms. The lowest BCUT2D eigenvalue weighted by Gasteiger charge is -2.24. The van der Waals surface area contributed by atoms with E-state index in [9.17, 15) is 4.79 Å². The van der Waals surface area contributed by atoms with Crippen molar-refractivity contribution in [1.82, 2.24) is 4.90 Å². The molecule has 2 N–H and O–H groups in total. The normalized spacial score (nSPS) is 12.2. The molecule has 0 saturated carbocycles. The van der Waals surface area contributed by atoms with Gasteiger partial charge in [-0.3, -0.25) is 4.79 Å². The molecule has 1 aromatic carbocycles. The maximum atomic E-state index is 12.0. The summed E-state index contributed by atoms with van der Waals surface area (Å²) in [6, 6.07) is 6.96. The van der Waals surface area contributed by atoms with Gasteiger partial charge in [0.05, 0.1) is 12.6 Å². The van der Waals surface area contributed by atoms with E-state index in [4.69, 9.17) is 10.5 Å². The first-order chi connectivity index (χ1) is 7.56. The molecule has 4 heteroatoms. The molecule has 0 radical (unpaired) electrons. The van der Waals surface area contributed by atoms with Gasteiger partial charge in [0.1, 0.15) is 0 Å². The first-order valence-electron chi connectivity index (χ1n) is 5.18. The number of anilines is 1. The average molecular weight is 222 g/mol. The van der Waals surface area contributed by atoms with E-state index >= 15 is 0 Å². The average Bonchev–Trinajstić information content (AvgIpc) is 2.28. The molecule has 0 bridgehead atoms. The molecule has 0 aromatic heterocycles. The predicted molar refractivity (Wildman–Crippen MR) is 64.3 cm³/mol. The lowest BCUT2D eigenvalue weighted by atomic mass is 10.1. The third-order valence-corrected chi connectivity index (χ3v) is 2.55. The van der Waals surface area contributed by atoms with Crippen LogP contribution in [0.2, 0.25) is 0 Å². The summed E-state index contributed by atoms with van der Waals surface area (Å²) in [7, 11) is 3.39. The summed E-state index contributed by atoms with van der Waals surface area (Å²) in [6.45, 7) is 2.47. The van der Waals surface area contributed by atoms with Crippen LogP contribution < -0.4 is 5.73 Å². The third-order valence-electron chi connectivity index (χ3n) is 2.55. The maximum Gasteiger partial charge on any atom is 0.253 e. The zero-order chi connectivity index (χ0) is 12.1. The highest BCUT2D eigenvalue weighted by atomic mass is 16.5. The van der Waals surface area contributed by atoms with Gasteiger partial charge in [0, 0.05) is 25.4 Å². The highest BCUT2D eigenvalue weighted by molar-refractivity contribution is 5.94. The second-order valence-corrected chi connectivity index (χ2v) is 3.84. The zero-order valence-corrected chi connectivity index (χ0v) is 9.93. The molecule has 1 atom stereocenters. The fraction of sp³-hybridized carbons (Fsp3) is 0.417. The smallest absolute Gasteiger partial charge is 0.253 e. The quantitative estimate of drug-likeness (QED) is 0.783. The molecule has 1 unspecified atom stereocenters. The van der Waals surface area contributed by atoms with Crippen molar-refractivity contribution in [1.29, 1.82) is 0 Å². The summed E-state index contributed by atoms with van der Waals surface area (Å²) < 4.78 is 5.02. The molecule has 88 valence electrons. The Morgan fingerprint density at radius 1 is 1.44 bits per heavy atom. The number of amides is 1. The van der Waals surface area contributed by atoms with Crippen LogP contribution in [-0.2, 0) is 4.74 Å². The van der Waals surface area contributed by atoms with Crippen LogP contribution in [0.25, 0.3) is 0 Å². The van der Waals surface area contributed by atoms with Gasteiger partial charge in [-0.25, -0.2) is 0 Å². The Morgan fingerprint density at radius 3 is 2.50 bits per heavy atom. The van der Waals surface area contributed by atoms with Crippen LogP contribution in [0.1, 0.15) is 17.3 Å². The Kier molecular flexibility index (Phi) is 4.31. The first-order valence-corrected chi connectivity index (χ1v) is 5.18.